The van der Waals surface area contributed by atoms with Crippen LogP contribution in [-0.4, -0.2) is 10.8 Å². The van der Waals surface area contributed by atoms with Gasteiger partial charge in [0.05, 0.1) is 22.5 Å². The first-order chi connectivity index (χ1) is 15.4. The Bertz CT molecular complexity index is 1410. The molecule has 1 aliphatic heterocycles. The number of ketones is 1. The predicted octanol–water partition coefficient (Wildman–Crippen LogP) is 6.26. The van der Waals surface area contributed by atoms with Crippen molar-refractivity contribution >= 4 is 22.2 Å². The highest BCUT2D eigenvalue weighted by Crippen LogP contribution is 2.53. The van der Waals surface area contributed by atoms with Gasteiger partial charge in [0, 0.05) is 17.9 Å². The summed E-state index contributed by atoms with van der Waals surface area (Å²) in [6, 6.07) is 22.7. The lowest BCUT2D eigenvalue weighted by molar-refractivity contribution is 0.0911. The molecule has 4 nitrogen and oxygen atoms in total. The Morgan fingerprint density at radius 1 is 0.938 bits per heavy atom. The highest BCUT2D eigenvalue weighted by molar-refractivity contribution is 6.04. The molecule has 0 radical (unpaired) electrons. The Balaban J connectivity index is 1.68. The fourth-order valence-corrected chi connectivity index (χ4v) is 5.37. The van der Waals surface area contributed by atoms with Crippen LogP contribution in [0, 0.1) is 5.41 Å². The molecule has 1 aliphatic carbocycles. The third-order valence-electron chi connectivity index (χ3n) is 6.73. The Hall–Kier alpha value is -3.66. The number of pyridine rings is 1. The lowest BCUT2D eigenvalue weighted by Crippen LogP contribution is -2.30. The number of rotatable bonds is 1. The van der Waals surface area contributed by atoms with Gasteiger partial charge in [-0.25, -0.2) is 4.98 Å². The number of nitrogens with zero attached hydrogens (tertiary/aromatic N) is 1. The summed E-state index contributed by atoms with van der Waals surface area (Å²) in [7, 11) is 0. The van der Waals surface area contributed by atoms with E-state index in [4.69, 9.17) is 15.5 Å². The minimum absolute atomic E-state index is 0.0691. The van der Waals surface area contributed by atoms with Crippen LogP contribution in [0.3, 0.4) is 0 Å². The maximum atomic E-state index is 13.1. The summed E-state index contributed by atoms with van der Waals surface area (Å²) in [6.07, 6.45) is 1.18. The van der Waals surface area contributed by atoms with E-state index in [2.05, 4.69) is 44.2 Å². The second kappa shape index (κ2) is 6.67. The first-order valence-electron chi connectivity index (χ1n) is 11.0. The molecule has 2 heterocycles. The second-order valence-electron chi connectivity index (χ2n) is 9.65. The minimum atomic E-state index is -0.165. The Morgan fingerprint density at radius 2 is 1.69 bits per heavy atom. The van der Waals surface area contributed by atoms with Gasteiger partial charge in [0.1, 0.15) is 5.75 Å². The lowest BCUT2D eigenvalue weighted by Gasteiger charge is -2.35. The number of nitrogens with two attached hydrogens (primary N) is 1. The Morgan fingerprint density at radius 3 is 2.50 bits per heavy atom. The van der Waals surface area contributed by atoms with Crippen molar-refractivity contribution in [1.29, 1.82) is 0 Å². The predicted molar refractivity (Wildman–Crippen MR) is 126 cm³/mol. The average Bonchev–Trinajstić information content (AvgIpc) is 2.77. The fraction of sp³-hybridized carbons (Fsp3) is 0.214. The van der Waals surface area contributed by atoms with Gasteiger partial charge in [-0.15, -0.1) is 0 Å². The summed E-state index contributed by atoms with van der Waals surface area (Å²) in [5.74, 6) is 1.21. The van der Waals surface area contributed by atoms with E-state index in [1.807, 2.05) is 36.4 Å². The number of carbonyl (C=O) groups is 1. The van der Waals surface area contributed by atoms with Gasteiger partial charge in [-0.2, -0.15) is 0 Å². The summed E-state index contributed by atoms with van der Waals surface area (Å²) in [5, 5.41) is 2.26. The molecule has 2 aliphatic rings. The van der Waals surface area contributed by atoms with E-state index in [1.165, 1.54) is 0 Å². The number of nitrogen functional groups attached to an aromatic ring is 1. The molecule has 1 unspecified atom stereocenters. The number of hydrogen-bond acceptors (Lipinski definition) is 4. The average molecular weight is 421 g/mol. The van der Waals surface area contributed by atoms with Crippen LogP contribution in [-0.2, 0) is 6.42 Å². The van der Waals surface area contributed by atoms with Gasteiger partial charge in [0.2, 0.25) is 5.88 Å². The van der Waals surface area contributed by atoms with Crippen molar-refractivity contribution in [3.63, 3.8) is 0 Å². The van der Waals surface area contributed by atoms with E-state index in [9.17, 15) is 4.79 Å². The molecule has 0 fully saturated rings. The number of Topliss-reactive ketones (excluding diaryl/α,β-unsaturated/α-hetero) is 1. The molecule has 4 aromatic rings. The van der Waals surface area contributed by atoms with Crippen LogP contribution < -0.4 is 10.5 Å². The van der Waals surface area contributed by atoms with Gasteiger partial charge in [-0.3, -0.25) is 4.79 Å². The number of fused-ring (bicyclic) bond motifs is 5. The monoisotopic (exact) mass is 420 g/mol. The summed E-state index contributed by atoms with van der Waals surface area (Å²) < 4.78 is 6.39. The molecule has 3 aromatic carbocycles. The van der Waals surface area contributed by atoms with E-state index >= 15 is 0 Å². The first-order valence-corrected chi connectivity index (χ1v) is 11.0. The van der Waals surface area contributed by atoms with Crippen molar-refractivity contribution < 1.29 is 9.53 Å². The van der Waals surface area contributed by atoms with Crippen molar-refractivity contribution in [3.8, 4) is 11.6 Å². The highest BCUT2D eigenvalue weighted by Gasteiger charge is 2.40. The molecule has 1 atom stereocenters. The molecule has 1 aromatic heterocycles. The number of hydrogen-bond donors (Lipinski definition) is 1. The fourth-order valence-electron chi connectivity index (χ4n) is 5.37. The normalized spacial score (nSPS) is 18.4. The largest absolute Gasteiger partial charge is 0.438 e. The van der Waals surface area contributed by atoms with Crippen LogP contribution in [0.25, 0.3) is 10.8 Å². The van der Waals surface area contributed by atoms with Crippen LogP contribution in [0.1, 0.15) is 58.9 Å². The molecule has 0 spiro atoms. The van der Waals surface area contributed by atoms with Gasteiger partial charge in [-0.1, -0.05) is 74.5 Å². The van der Waals surface area contributed by atoms with Crippen LogP contribution in [0.4, 0.5) is 5.69 Å². The lowest BCUT2D eigenvalue weighted by atomic mass is 9.73. The SMILES string of the molecule is CC1(C)CC(=O)c2c(nc3c(c2N)C(c2ccccc2)c2c(ccc4ccccc24)O3)C1. The van der Waals surface area contributed by atoms with Crippen molar-refractivity contribution in [3.05, 3.63) is 94.7 Å². The van der Waals surface area contributed by atoms with Crippen molar-refractivity contribution in [1.82, 2.24) is 4.98 Å². The Kier molecular flexibility index (Phi) is 3.97. The van der Waals surface area contributed by atoms with Crippen LogP contribution in [0.15, 0.2) is 66.7 Å². The maximum Gasteiger partial charge on any atom is 0.225 e. The maximum absolute atomic E-state index is 13.1. The number of ether oxygens (including phenoxy) is 1. The highest BCUT2D eigenvalue weighted by atomic mass is 16.5. The molecular formula is C28H24N2O2. The minimum Gasteiger partial charge on any atom is -0.438 e. The van der Waals surface area contributed by atoms with Crippen LogP contribution in [0.5, 0.6) is 11.6 Å². The Labute approximate surface area is 187 Å². The zero-order valence-corrected chi connectivity index (χ0v) is 18.2. The standard InChI is InChI=1S/C28H24N2O2/c1-28(2)14-19-24(20(31)15-28)26(29)25-22(17-9-4-3-5-10-17)23-18-11-7-6-8-16(18)12-13-21(23)32-27(25)30-19/h3-13,22H,14-15H2,1-2H3,(H2,29,30). The molecular weight excluding hydrogens is 396 g/mol. The van der Waals surface area contributed by atoms with Crippen molar-refractivity contribution in [2.45, 2.75) is 32.6 Å². The molecule has 158 valence electrons. The van der Waals surface area contributed by atoms with E-state index in [1.54, 1.807) is 0 Å². The van der Waals surface area contributed by atoms with E-state index in [-0.39, 0.29) is 17.1 Å². The summed E-state index contributed by atoms with van der Waals surface area (Å²) >= 11 is 0. The second-order valence-corrected chi connectivity index (χ2v) is 9.65. The number of carbonyl (C=O) groups excluding carboxylic acids is 1. The number of aromatic nitrogens is 1. The summed E-state index contributed by atoms with van der Waals surface area (Å²) in [5.41, 5.74) is 11.5. The van der Waals surface area contributed by atoms with Crippen LogP contribution in [0.2, 0.25) is 0 Å². The zero-order valence-electron chi connectivity index (χ0n) is 18.2. The third-order valence-corrected chi connectivity index (χ3v) is 6.73. The van der Waals surface area contributed by atoms with Crippen molar-refractivity contribution in [2.24, 2.45) is 5.41 Å². The molecule has 6 rings (SSSR count). The molecule has 4 heteroatoms. The smallest absolute Gasteiger partial charge is 0.225 e. The molecule has 2 N–H and O–H groups in total. The quantitative estimate of drug-likeness (QED) is 0.348. The van der Waals surface area contributed by atoms with Gasteiger partial charge < -0.3 is 10.5 Å². The van der Waals surface area contributed by atoms with Gasteiger partial charge in [-0.05, 0) is 34.2 Å². The van der Waals surface area contributed by atoms with Crippen LogP contribution >= 0.6 is 0 Å². The molecule has 0 amide bonds. The van der Waals surface area contributed by atoms with Crippen molar-refractivity contribution in [2.75, 3.05) is 5.73 Å². The van der Waals surface area contributed by atoms with Gasteiger partial charge in [0.25, 0.3) is 0 Å². The molecule has 0 saturated carbocycles. The molecule has 0 bridgehead atoms. The number of benzene rings is 3. The van der Waals surface area contributed by atoms with E-state index < -0.39 is 0 Å². The van der Waals surface area contributed by atoms with E-state index in [0.717, 1.165) is 38.9 Å². The summed E-state index contributed by atoms with van der Waals surface area (Å²) in [6.45, 7) is 4.19. The molecule has 0 saturated heterocycles. The summed E-state index contributed by atoms with van der Waals surface area (Å²) in [4.78, 5) is 18.0. The third kappa shape index (κ3) is 2.76. The topological polar surface area (TPSA) is 65.2 Å². The zero-order chi connectivity index (χ0) is 22.0. The van der Waals surface area contributed by atoms with Gasteiger partial charge in [0.15, 0.2) is 5.78 Å². The first kappa shape index (κ1) is 19.1. The number of anilines is 1. The van der Waals surface area contributed by atoms with E-state index in [0.29, 0.717) is 30.0 Å². The van der Waals surface area contributed by atoms with Gasteiger partial charge >= 0.3 is 0 Å². The molecule has 32 heavy (non-hydrogen) atoms.